The van der Waals surface area contributed by atoms with Crippen LogP contribution in [0, 0.1) is 11.8 Å². The zero-order valence-electron chi connectivity index (χ0n) is 20.6. The second-order valence-electron chi connectivity index (χ2n) is 8.78. The molecule has 4 rings (SSSR count). The Labute approximate surface area is 212 Å². The molecule has 2 aromatic heterocycles. The Morgan fingerprint density at radius 3 is 2.65 bits per heavy atom. The van der Waals surface area contributed by atoms with Gasteiger partial charge in [-0.15, -0.1) is 0 Å². The van der Waals surface area contributed by atoms with Crippen molar-refractivity contribution < 1.29 is 22.7 Å². The van der Waals surface area contributed by atoms with E-state index in [2.05, 4.69) is 49.1 Å². The molecule has 0 bridgehead atoms. The number of aromatic nitrogens is 4. The first-order valence-corrected chi connectivity index (χ1v) is 11.8. The SMILES string of the molecule is CN1CCN(CCCOc2ccc(-c3ncc(C(F)(F)F)[nH]3)cc2NC(=O)C#Cc2ccn(C)n2)CC1. The molecule has 0 unspecified atom stereocenters. The van der Waals surface area contributed by atoms with Crippen LogP contribution in [-0.4, -0.2) is 81.8 Å². The van der Waals surface area contributed by atoms with Gasteiger partial charge in [-0.2, -0.15) is 18.3 Å². The molecule has 0 atom stereocenters. The number of rotatable bonds is 7. The number of hydrogen-bond donors (Lipinski definition) is 2. The number of hydrogen-bond acceptors (Lipinski definition) is 6. The fourth-order valence-electron chi connectivity index (χ4n) is 3.81. The Morgan fingerprint density at radius 2 is 1.97 bits per heavy atom. The summed E-state index contributed by atoms with van der Waals surface area (Å²) < 4.78 is 46.5. The Morgan fingerprint density at radius 1 is 1.19 bits per heavy atom. The highest BCUT2D eigenvalue weighted by Gasteiger charge is 2.33. The van der Waals surface area contributed by atoms with Crippen molar-refractivity contribution in [1.29, 1.82) is 0 Å². The number of alkyl halides is 3. The summed E-state index contributed by atoms with van der Waals surface area (Å²) in [6.07, 6.45) is -1.33. The molecule has 9 nitrogen and oxygen atoms in total. The smallest absolute Gasteiger partial charge is 0.432 e. The number of aryl methyl sites for hydroxylation is 1. The number of nitrogens with one attached hydrogen (secondary N) is 2. The van der Waals surface area contributed by atoms with Crippen LogP contribution in [-0.2, 0) is 18.0 Å². The zero-order valence-corrected chi connectivity index (χ0v) is 20.6. The zero-order chi connectivity index (χ0) is 26.4. The summed E-state index contributed by atoms with van der Waals surface area (Å²) in [5.41, 5.74) is 0.108. The molecule has 1 amide bonds. The van der Waals surface area contributed by atoms with Crippen LogP contribution in [0.2, 0.25) is 0 Å². The number of likely N-dealkylation sites (N-methyl/N-ethyl adjacent to an activating group) is 1. The maximum Gasteiger partial charge on any atom is 0.432 e. The Kier molecular flexibility index (Phi) is 8.15. The molecule has 3 heterocycles. The molecule has 3 aromatic rings. The molecule has 0 spiro atoms. The third-order valence-corrected chi connectivity index (χ3v) is 5.87. The maximum atomic E-state index is 13.0. The molecule has 196 valence electrons. The number of carbonyl (C=O) groups excluding carboxylic acids is 1. The quantitative estimate of drug-likeness (QED) is 0.372. The average molecular weight is 516 g/mol. The van der Waals surface area contributed by atoms with Crippen LogP contribution in [0.4, 0.5) is 18.9 Å². The lowest BCUT2D eigenvalue weighted by atomic mass is 10.1. The topological polar surface area (TPSA) is 91.3 Å². The third-order valence-electron chi connectivity index (χ3n) is 5.87. The van der Waals surface area contributed by atoms with Crippen molar-refractivity contribution >= 4 is 11.6 Å². The molecule has 12 heteroatoms. The van der Waals surface area contributed by atoms with E-state index in [-0.39, 0.29) is 11.5 Å². The molecule has 37 heavy (non-hydrogen) atoms. The number of piperazine rings is 1. The van der Waals surface area contributed by atoms with E-state index in [0.717, 1.165) is 45.3 Å². The molecule has 1 aliphatic rings. The fourth-order valence-corrected chi connectivity index (χ4v) is 3.81. The van der Waals surface area contributed by atoms with Crippen molar-refractivity contribution in [3.8, 4) is 29.0 Å². The predicted octanol–water partition coefficient (Wildman–Crippen LogP) is 2.84. The molecule has 1 aromatic carbocycles. The van der Waals surface area contributed by atoms with Gasteiger partial charge in [0, 0.05) is 57.5 Å². The van der Waals surface area contributed by atoms with E-state index in [9.17, 15) is 18.0 Å². The lowest BCUT2D eigenvalue weighted by Crippen LogP contribution is -2.44. The highest BCUT2D eigenvalue weighted by molar-refractivity contribution is 6.05. The van der Waals surface area contributed by atoms with E-state index >= 15 is 0 Å². The molecule has 2 N–H and O–H groups in total. The first-order chi connectivity index (χ1) is 17.7. The van der Waals surface area contributed by atoms with Gasteiger partial charge in [0.1, 0.15) is 23.0 Å². The Bertz CT molecular complexity index is 1280. The molecule has 0 saturated carbocycles. The molecule has 1 aliphatic heterocycles. The minimum atomic E-state index is -4.55. The van der Waals surface area contributed by atoms with E-state index in [4.69, 9.17) is 4.74 Å². The number of carbonyl (C=O) groups is 1. The molecule has 0 radical (unpaired) electrons. The van der Waals surface area contributed by atoms with Gasteiger partial charge in [-0.25, -0.2) is 4.98 Å². The van der Waals surface area contributed by atoms with Crippen molar-refractivity contribution in [1.82, 2.24) is 29.5 Å². The minimum absolute atomic E-state index is 0.0176. The maximum absolute atomic E-state index is 13.0. The highest BCUT2D eigenvalue weighted by atomic mass is 19.4. The minimum Gasteiger partial charge on any atom is -0.491 e. The predicted molar refractivity (Wildman–Crippen MR) is 132 cm³/mol. The van der Waals surface area contributed by atoms with E-state index in [0.29, 0.717) is 23.6 Å². The van der Waals surface area contributed by atoms with Gasteiger partial charge in [0.2, 0.25) is 0 Å². The molecule has 0 aliphatic carbocycles. The van der Waals surface area contributed by atoms with Gasteiger partial charge >= 0.3 is 12.1 Å². The van der Waals surface area contributed by atoms with Crippen LogP contribution in [0.5, 0.6) is 5.75 Å². The van der Waals surface area contributed by atoms with Gasteiger partial charge in [-0.3, -0.25) is 9.48 Å². The molecular weight excluding hydrogens is 487 g/mol. The second-order valence-corrected chi connectivity index (χ2v) is 8.78. The van der Waals surface area contributed by atoms with Crippen molar-refractivity contribution in [2.45, 2.75) is 12.6 Å². The van der Waals surface area contributed by atoms with Gasteiger partial charge in [0.25, 0.3) is 0 Å². The molecule has 1 saturated heterocycles. The lowest BCUT2D eigenvalue weighted by molar-refractivity contribution is -0.140. The largest absolute Gasteiger partial charge is 0.491 e. The highest BCUT2D eigenvalue weighted by Crippen LogP contribution is 2.33. The standard InChI is InChI=1S/C25H28F3N7O2/c1-33-11-13-35(14-12-33)9-3-15-37-21-6-4-18(24-29-17-22(31-24)25(26,27)28)16-20(21)30-23(36)7-5-19-8-10-34(2)32-19/h4,6,8,10,16-17H,3,9,11-15H2,1-2H3,(H,29,31)(H,30,36). The number of aromatic amines is 1. The number of imidazole rings is 1. The summed E-state index contributed by atoms with van der Waals surface area (Å²) in [6, 6.07) is 6.37. The molecule has 1 fully saturated rings. The average Bonchev–Trinajstić information content (AvgIpc) is 3.52. The number of ether oxygens (including phenoxy) is 1. The first-order valence-electron chi connectivity index (χ1n) is 11.8. The third kappa shape index (κ3) is 7.34. The van der Waals surface area contributed by atoms with E-state index in [1.807, 2.05) is 0 Å². The van der Waals surface area contributed by atoms with Gasteiger partial charge in [-0.05, 0) is 43.7 Å². The van der Waals surface area contributed by atoms with Crippen LogP contribution in [0.1, 0.15) is 17.8 Å². The van der Waals surface area contributed by atoms with Crippen molar-refractivity contribution in [3.63, 3.8) is 0 Å². The number of benzene rings is 1. The fraction of sp³-hybridized carbons (Fsp3) is 0.400. The number of amides is 1. The van der Waals surface area contributed by atoms with E-state index < -0.39 is 17.8 Å². The van der Waals surface area contributed by atoms with Gasteiger partial charge < -0.3 is 24.8 Å². The van der Waals surface area contributed by atoms with Crippen molar-refractivity contribution in [2.75, 3.05) is 51.7 Å². The van der Waals surface area contributed by atoms with Gasteiger partial charge in [0.15, 0.2) is 0 Å². The van der Waals surface area contributed by atoms with E-state index in [1.165, 1.54) is 6.07 Å². The number of nitrogens with zero attached hydrogens (tertiary/aromatic N) is 5. The van der Waals surface area contributed by atoms with Gasteiger partial charge in [-0.1, -0.05) is 0 Å². The second kappa shape index (κ2) is 11.5. The monoisotopic (exact) mass is 515 g/mol. The van der Waals surface area contributed by atoms with Crippen LogP contribution in [0.25, 0.3) is 11.4 Å². The van der Waals surface area contributed by atoms with Crippen molar-refractivity contribution in [3.05, 3.63) is 48.0 Å². The summed E-state index contributed by atoms with van der Waals surface area (Å²) in [6.45, 7) is 5.36. The number of H-pyrrole nitrogens is 1. The summed E-state index contributed by atoms with van der Waals surface area (Å²) in [4.78, 5) is 23.3. The van der Waals surface area contributed by atoms with Crippen LogP contribution < -0.4 is 10.1 Å². The first kappa shape index (κ1) is 26.2. The van der Waals surface area contributed by atoms with Crippen molar-refractivity contribution in [2.24, 2.45) is 7.05 Å². The number of anilines is 1. The van der Waals surface area contributed by atoms with Gasteiger partial charge in [0.05, 0.1) is 18.5 Å². The Hall–Kier alpha value is -3.82. The summed E-state index contributed by atoms with van der Waals surface area (Å²) in [5, 5.41) is 6.78. The normalized spacial score (nSPS) is 14.7. The summed E-state index contributed by atoms with van der Waals surface area (Å²) >= 11 is 0. The Balaban J connectivity index is 1.47. The van der Waals surface area contributed by atoms with Crippen LogP contribution in [0.15, 0.2) is 36.7 Å². The van der Waals surface area contributed by atoms with Crippen LogP contribution >= 0.6 is 0 Å². The van der Waals surface area contributed by atoms with E-state index in [1.54, 1.807) is 36.1 Å². The number of halogens is 3. The summed E-state index contributed by atoms with van der Waals surface area (Å²) in [7, 11) is 3.84. The summed E-state index contributed by atoms with van der Waals surface area (Å²) in [5.74, 6) is 4.94. The lowest BCUT2D eigenvalue weighted by Gasteiger charge is -2.32. The molecular formula is C25H28F3N7O2. The van der Waals surface area contributed by atoms with Crippen LogP contribution in [0.3, 0.4) is 0 Å².